The number of esters is 2. The Morgan fingerprint density at radius 3 is 1.30 bits per heavy atom. The van der Waals surface area contributed by atoms with Gasteiger partial charge in [-0.25, -0.2) is 0 Å². The Labute approximate surface area is 235 Å². The predicted octanol–water partition coefficient (Wildman–Crippen LogP) is 6.87. The highest BCUT2D eigenvalue weighted by Gasteiger charge is 2.30. The van der Waals surface area contributed by atoms with Gasteiger partial charge in [0.2, 0.25) is 0 Å². The van der Waals surface area contributed by atoms with E-state index in [0.29, 0.717) is 26.1 Å². The van der Waals surface area contributed by atoms with Crippen molar-refractivity contribution in [3.63, 3.8) is 0 Å². The maximum Gasteiger partial charge on any atom is 0.305 e. The van der Waals surface area contributed by atoms with E-state index in [1.807, 2.05) is 43.3 Å². The first kappa shape index (κ1) is 27.4. The van der Waals surface area contributed by atoms with Crippen LogP contribution in [0, 0.1) is 0 Å². The van der Waals surface area contributed by atoms with Crippen molar-refractivity contribution in [1.29, 1.82) is 0 Å². The second-order valence-electron chi connectivity index (χ2n) is 10.0. The molecule has 0 aliphatic heterocycles. The van der Waals surface area contributed by atoms with E-state index >= 15 is 0 Å². The van der Waals surface area contributed by atoms with Gasteiger partial charge in [-0.2, -0.15) is 0 Å². The Balaban J connectivity index is 0.000000162. The van der Waals surface area contributed by atoms with Crippen LogP contribution in [-0.2, 0) is 19.1 Å². The fraction of sp³-hybridized carbons (Fsp3) is 0.257. The summed E-state index contributed by atoms with van der Waals surface area (Å²) in [5.41, 5.74) is 9.92. The van der Waals surface area contributed by atoms with Crippen molar-refractivity contribution in [3.8, 4) is 22.3 Å². The zero-order valence-electron chi connectivity index (χ0n) is 22.7. The van der Waals surface area contributed by atoms with Crippen molar-refractivity contribution in [2.75, 3.05) is 19.8 Å². The lowest BCUT2D eigenvalue weighted by molar-refractivity contribution is -0.144. The number of aliphatic hydroxyl groups excluding tert-OH is 1. The number of carbonyl (C=O) groups excluding carboxylic acids is 2. The molecule has 0 saturated heterocycles. The number of hydrogen-bond donors (Lipinski definition) is 1. The molecule has 6 rings (SSSR count). The molecule has 0 atom stereocenters. The fourth-order valence-electron chi connectivity index (χ4n) is 5.63. The monoisotopic (exact) mass is 534 g/mol. The van der Waals surface area contributed by atoms with Crippen molar-refractivity contribution >= 4 is 11.9 Å². The molecule has 40 heavy (non-hydrogen) atoms. The smallest absolute Gasteiger partial charge is 0.305 e. The zero-order chi connectivity index (χ0) is 27.9. The molecule has 2 aliphatic rings. The van der Waals surface area contributed by atoms with Crippen LogP contribution in [0.3, 0.4) is 0 Å². The SMILES string of the molecule is CCC(=O)OCC1c2ccccc2-c2ccccc21.O=C(CCCO)OCC1c2ccccc2-c2ccccc21. The third-order valence-corrected chi connectivity index (χ3v) is 7.57. The van der Waals surface area contributed by atoms with Crippen LogP contribution in [0.4, 0.5) is 0 Å². The van der Waals surface area contributed by atoms with Crippen LogP contribution in [0.25, 0.3) is 22.3 Å². The van der Waals surface area contributed by atoms with E-state index < -0.39 is 0 Å². The number of hydrogen-bond acceptors (Lipinski definition) is 5. The molecule has 2 aliphatic carbocycles. The van der Waals surface area contributed by atoms with E-state index in [2.05, 4.69) is 60.7 Å². The van der Waals surface area contributed by atoms with Crippen LogP contribution >= 0.6 is 0 Å². The highest BCUT2D eigenvalue weighted by Crippen LogP contribution is 2.45. The van der Waals surface area contributed by atoms with Gasteiger partial charge in [0.15, 0.2) is 0 Å². The first-order valence-corrected chi connectivity index (χ1v) is 13.9. The normalized spacial score (nSPS) is 12.8. The van der Waals surface area contributed by atoms with Gasteiger partial charge >= 0.3 is 11.9 Å². The summed E-state index contributed by atoms with van der Waals surface area (Å²) in [6, 6.07) is 33.2. The lowest BCUT2D eigenvalue weighted by atomic mass is 9.98. The second-order valence-corrected chi connectivity index (χ2v) is 10.0. The number of rotatable bonds is 8. The van der Waals surface area contributed by atoms with Gasteiger partial charge in [0.05, 0.1) is 0 Å². The molecule has 4 aromatic carbocycles. The molecule has 0 saturated carbocycles. The van der Waals surface area contributed by atoms with Crippen LogP contribution in [0.15, 0.2) is 97.1 Å². The molecular formula is C35H34O5. The van der Waals surface area contributed by atoms with E-state index in [1.54, 1.807) is 0 Å². The van der Waals surface area contributed by atoms with Crippen LogP contribution < -0.4 is 0 Å². The minimum absolute atomic E-state index is 0.0181. The minimum Gasteiger partial charge on any atom is -0.465 e. The van der Waals surface area contributed by atoms with Crippen molar-refractivity contribution in [2.24, 2.45) is 0 Å². The van der Waals surface area contributed by atoms with Crippen LogP contribution in [0.2, 0.25) is 0 Å². The Morgan fingerprint density at radius 1 is 0.600 bits per heavy atom. The first-order chi connectivity index (χ1) is 19.6. The molecule has 0 aromatic heterocycles. The lowest BCUT2D eigenvalue weighted by Gasteiger charge is -2.14. The topological polar surface area (TPSA) is 72.8 Å². The molecule has 0 unspecified atom stereocenters. The predicted molar refractivity (Wildman–Crippen MR) is 156 cm³/mol. The van der Waals surface area contributed by atoms with E-state index in [4.69, 9.17) is 14.6 Å². The van der Waals surface area contributed by atoms with Crippen molar-refractivity contribution < 1.29 is 24.2 Å². The number of ether oxygens (including phenoxy) is 2. The molecule has 0 spiro atoms. The van der Waals surface area contributed by atoms with Crippen LogP contribution in [0.1, 0.15) is 60.3 Å². The summed E-state index contributed by atoms with van der Waals surface area (Å²) in [6.07, 6.45) is 1.15. The third-order valence-electron chi connectivity index (χ3n) is 7.57. The van der Waals surface area contributed by atoms with Crippen molar-refractivity contribution in [1.82, 2.24) is 0 Å². The number of benzene rings is 4. The Morgan fingerprint density at radius 2 is 0.950 bits per heavy atom. The minimum atomic E-state index is -0.245. The van der Waals surface area contributed by atoms with Gasteiger partial charge < -0.3 is 14.6 Å². The van der Waals surface area contributed by atoms with E-state index in [1.165, 1.54) is 44.5 Å². The Hall–Kier alpha value is -4.22. The molecule has 5 heteroatoms. The van der Waals surface area contributed by atoms with Gasteiger partial charge in [0.25, 0.3) is 0 Å². The quantitative estimate of drug-likeness (QED) is 0.250. The highest BCUT2D eigenvalue weighted by molar-refractivity contribution is 5.80. The Bertz CT molecular complexity index is 1400. The molecule has 0 radical (unpaired) electrons. The van der Waals surface area contributed by atoms with Gasteiger partial charge in [-0.1, -0.05) is 104 Å². The molecular weight excluding hydrogens is 500 g/mol. The number of aliphatic hydroxyl groups is 1. The summed E-state index contributed by atoms with van der Waals surface area (Å²) in [4.78, 5) is 23.0. The van der Waals surface area contributed by atoms with E-state index in [0.717, 1.165) is 0 Å². The zero-order valence-corrected chi connectivity index (χ0v) is 22.7. The molecule has 0 bridgehead atoms. The third kappa shape index (κ3) is 5.70. The summed E-state index contributed by atoms with van der Waals surface area (Å²) >= 11 is 0. The largest absolute Gasteiger partial charge is 0.465 e. The van der Waals surface area contributed by atoms with E-state index in [9.17, 15) is 9.59 Å². The average molecular weight is 535 g/mol. The lowest BCUT2D eigenvalue weighted by Crippen LogP contribution is -2.12. The highest BCUT2D eigenvalue weighted by atomic mass is 16.5. The molecule has 0 amide bonds. The second kappa shape index (κ2) is 12.8. The van der Waals surface area contributed by atoms with Crippen LogP contribution in [0.5, 0.6) is 0 Å². The molecule has 4 aromatic rings. The fourth-order valence-corrected chi connectivity index (χ4v) is 5.63. The molecule has 204 valence electrons. The molecule has 0 heterocycles. The van der Waals surface area contributed by atoms with Crippen molar-refractivity contribution in [3.05, 3.63) is 119 Å². The standard InChI is InChI=1S/C18H18O3.C17H16O2/c19-11-5-10-18(20)21-12-17-15-8-3-1-6-13(15)14-7-2-4-9-16(14)17;1-2-17(18)19-11-16-14-9-5-3-7-12(14)13-8-4-6-10-15(13)16/h1-4,6-9,17,19H,5,10-12H2;3-10,16H,2,11H2,1H3. The van der Waals surface area contributed by atoms with Gasteiger partial charge in [-0.3, -0.25) is 9.59 Å². The maximum absolute atomic E-state index is 11.6. The van der Waals surface area contributed by atoms with Gasteiger partial charge in [-0.05, 0) is 50.9 Å². The summed E-state index contributed by atoms with van der Waals surface area (Å²) in [5.74, 6) is -0.105. The van der Waals surface area contributed by atoms with Crippen LogP contribution in [-0.4, -0.2) is 36.9 Å². The first-order valence-electron chi connectivity index (χ1n) is 13.9. The Kier molecular flexibility index (Phi) is 8.72. The van der Waals surface area contributed by atoms with E-state index in [-0.39, 0.29) is 36.8 Å². The average Bonchev–Trinajstić information content (AvgIpc) is 3.50. The molecule has 5 nitrogen and oxygen atoms in total. The number of fused-ring (bicyclic) bond motifs is 6. The number of carbonyl (C=O) groups is 2. The maximum atomic E-state index is 11.6. The van der Waals surface area contributed by atoms with Gasteiger partial charge in [0, 0.05) is 31.3 Å². The van der Waals surface area contributed by atoms with Crippen molar-refractivity contribution in [2.45, 2.75) is 38.0 Å². The van der Waals surface area contributed by atoms with Gasteiger partial charge in [-0.15, -0.1) is 0 Å². The summed E-state index contributed by atoms with van der Waals surface area (Å²) < 4.78 is 10.7. The summed E-state index contributed by atoms with van der Waals surface area (Å²) in [7, 11) is 0. The molecule has 1 N–H and O–H groups in total. The molecule has 0 fully saturated rings. The summed E-state index contributed by atoms with van der Waals surface area (Å²) in [6.45, 7) is 2.63. The van der Waals surface area contributed by atoms with Gasteiger partial charge in [0.1, 0.15) is 13.2 Å². The summed E-state index contributed by atoms with van der Waals surface area (Å²) in [5, 5.41) is 8.75.